The molecule has 0 spiro atoms. The SMILES string of the molecule is O=c1ccn(-c2ccc(F)cc2F)c(=O)[nH]1. The summed E-state index contributed by atoms with van der Waals surface area (Å²) in [6.45, 7) is 0. The molecule has 0 aliphatic heterocycles. The van der Waals surface area contributed by atoms with E-state index in [-0.39, 0.29) is 5.69 Å². The Labute approximate surface area is 87.8 Å². The van der Waals surface area contributed by atoms with E-state index in [1.807, 2.05) is 4.98 Å². The number of nitrogens with one attached hydrogen (secondary N) is 1. The number of H-pyrrole nitrogens is 1. The van der Waals surface area contributed by atoms with Gasteiger partial charge in [0, 0.05) is 18.3 Å². The molecule has 1 aromatic carbocycles. The van der Waals surface area contributed by atoms with Gasteiger partial charge in [-0.15, -0.1) is 0 Å². The van der Waals surface area contributed by atoms with Crippen molar-refractivity contribution >= 4 is 0 Å². The van der Waals surface area contributed by atoms with Crippen molar-refractivity contribution in [2.24, 2.45) is 0 Å². The summed E-state index contributed by atoms with van der Waals surface area (Å²) in [7, 11) is 0. The Bertz CT molecular complexity index is 646. The maximum Gasteiger partial charge on any atom is 0.333 e. The summed E-state index contributed by atoms with van der Waals surface area (Å²) in [6.07, 6.45) is 1.12. The monoisotopic (exact) mass is 224 g/mol. The van der Waals surface area contributed by atoms with Crippen molar-refractivity contribution < 1.29 is 8.78 Å². The Balaban J connectivity index is 2.68. The van der Waals surface area contributed by atoms with Crippen LogP contribution in [-0.4, -0.2) is 9.55 Å². The molecule has 1 heterocycles. The first kappa shape index (κ1) is 10.3. The van der Waals surface area contributed by atoms with Crippen LogP contribution in [0.25, 0.3) is 5.69 Å². The summed E-state index contributed by atoms with van der Waals surface area (Å²) in [5, 5.41) is 0. The molecular weight excluding hydrogens is 218 g/mol. The predicted molar refractivity (Wildman–Crippen MR) is 52.6 cm³/mol. The molecule has 0 aliphatic carbocycles. The van der Waals surface area contributed by atoms with Crippen LogP contribution in [0, 0.1) is 11.6 Å². The maximum absolute atomic E-state index is 13.3. The summed E-state index contributed by atoms with van der Waals surface area (Å²) >= 11 is 0. The molecule has 0 radical (unpaired) electrons. The Morgan fingerprint density at radius 2 is 1.88 bits per heavy atom. The summed E-state index contributed by atoms with van der Waals surface area (Å²) in [4.78, 5) is 24.1. The summed E-state index contributed by atoms with van der Waals surface area (Å²) in [5.41, 5.74) is -1.48. The van der Waals surface area contributed by atoms with Crippen molar-refractivity contribution in [2.75, 3.05) is 0 Å². The molecule has 4 nitrogen and oxygen atoms in total. The molecule has 2 aromatic rings. The van der Waals surface area contributed by atoms with Crippen LogP contribution in [0.2, 0.25) is 0 Å². The molecule has 6 heteroatoms. The fourth-order valence-corrected chi connectivity index (χ4v) is 1.28. The molecule has 0 unspecified atom stereocenters. The Morgan fingerprint density at radius 1 is 1.12 bits per heavy atom. The van der Waals surface area contributed by atoms with Crippen LogP contribution in [0.5, 0.6) is 0 Å². The van der Waals surface area contributed by atoms with Gasteiger partial charge in [0.25, 0.3) is 5.56 Å². The van der Waals surface area contributed by atoms with Crippen molar-refractivity contribution in [1.29, 1.82) is 0 Å². The highest BCUT2D eigenvalue weighted by atomic mass is 19.1. The second kappa shape index (κ2) is 3.73. The molecular formula is C10H6F2N2O2. The molecule has 1 aromatic heterocycles. The minimum Gasteiger partial charge on any atom is -0.274 e. The number of halogens is 2. The number of benzene rings is 1. The van der Waals surface area contributed by atoms with Crippen LogP contribution in [0.4, 0.5) is 8.78 Å². The van der Waals surface area contributed by atoms with Crippen LogP contribution in [0.3, 0.4) is 0 Å². The summed E-state index contributed by atoms with van der Waals surface area (Å²) < 4.78 is 26.9. The Hall–Kier alpha value is -2.24. The predicted octanol–water partition coefficient (Wildman–Crippen LogP) is 0.804. The standard InChI is InChI=1S/C10H6F2N2O2/c11-6-1-2-8(7(12)5-6)14-4-3-9(15)13-10(14)16/h1-5H,(H,13,15,16). The molecule has 2 rings (SSSR count). The van der Waals surface area contributed by atoms with Crippen molar-refractivity contribution in [2.45, 2.75) is 0 Å². The average molecular weight is 224 g/mol. The van der Waals surface area contributed by atoms with Gasteiger partial charge in [-0.2, -0.15) is 0 Å². The van der Waals surface area contributed by atoms with E-state index in [1.54, 1.807) is 0 Å². The van der Waals surface area contributed by atoms with Crippen molar-refractivity contribution in [3.05, 3.63) is 62.9 Å². The molecule has 1 N–H and O–H groups in total. The fourth-order valence-electron chi connectivity index (χ4n) is 1.28. The van der Waals surface area contributed by atoms with Gasteiger partial charge in [0.15, 0.2) is 0 Å². The highest BCUT2D eigenvalue weighted by Gasteiger charge is 2.07. The minimum atomic E-state index is -0.880. The summed E-state index contributed by atoms with van der Waals surface area (Å²) in [6, 6.07) is 3.87. The molecule has 0 saturated carbocycles. The molecule has 82 valence electrons. The zero-order valence-corrected chi connectivity index (χ0v) is 7.91. The number of hydrogen-bond acceptors (Lipinski definition) is 2. The largest absolute Gasteiger partial charge is 0.333 e. The van der Waals surface area contributed by atoms with Crippen LogP contribution in [-0.2, 0) is 0 Å². The van der Waals surface area contributed by atoms with Crippen LogP contribution in [0.15, 0.2) is 40.1 Å². The molecule has 0 aliphatic rings. The lowest BCUT2D eigenvalue weighted by molar-refractivity contribution is 0.575. The van der Waals surface area contributed by atoms with Crippen molar-refractivity contribution in [3.63, 3.8) is 0 Å². The first-order valence-electron chi connectivity index (χ1n) is 4.35. The molecule has 0 atom stereocenters. The lowest BCUT2D eigenvalue weighted by atomic mass is 10.3. The van der Waals surface area contributed by atoms with E-state index >= 15 is 0 Å². The van der Waals surface area contributed by atoms with Gasteiger partial charge in [0.05, 0.1) is 5.69 Å². The van der Waals surface area contributed by atoms with Gasteiger partial charge in [-0.3, -0.25) is 14.3 Å². The van der Waals surface area contributed by atoms with E-state index in [0.717, 1.165) is 29.0 Å². The van der Waals surface area contributed by atoms with E-state index in [4.69, 9.17) is 0 Å². The Kier molecular flexibility index (Phi) is 2.40. The number of rotatable bonds is 1. The third kappa shape index (κ3) is 1.77. The highest BCUT2D eigenvalue weighted by Crippen LogP contribution is 2.11. The fraction of sp³-hybridized carbons (Fsp3) is 0. The van der Waals surface area contributed by atoms with Gasteiger partial charge >= 0.3 is 5.69 Å². The number of hydrogen-bond donors (Lipinski definition) is 1. The minimum absolute atomic E-state index is 0.123. The normalized spacial score (nSPS) is 10.4. The molecule has 0 amide bonds. The third-order valence-electron chi connectivity index (χ3n) is 1.99. The van der Waals surface area contributed by atoms with Gasteiger partial charge in [-0.1, -0.05) is 0 Å². The Morgan fingerprint density at radius 3 is 2.50 bits per heavy atom. The van der Waals surface area contributed by atoms with Crippen molar-refractivity contribution in [1.82, 2.24) is 9.55 Å². The van der Waals surface area contributed by atoms with E-state index in [2.05, 4.69) is 0 Å². The van der Waals surface area contributed by atoms with E-state index < -0.39 is 22.9 Å². The zero-order chi connectivity index (χ0) is 11.7. The lowest BCUT2D eigenvalue weighted by Gasteiger charge is -2.05. The second-order valence-corrected chi connectivity index (χ2v) is 3.08. The van der Waals surface area contributed by atoms with Gasteiger partial charge < -0.3 is 0 Å². The van der Waals surface area contributed by atoms with Crippen LogP contribution in [0.1, 0.15) is 0 Å². The topological polar surface area (TPSA) is 54.9 Å². The van der Waals surface area contributed by atoms with Gasteiger partial charge in [0.1, 0.15) is 11.6 Å². The maximum atomic E-state index is 13.3. The van der Waals surface area contributed by atoms with Gasteiger partial charge in [-0.05, 0) is 12.1 Å². The van der Waals surface area contributed by atoms with Crippen molar-refractivity contribution in [3.8, 4) is 5.69 Å². The lowest BCUT2D eigenvalue weighted by Crippen LogP contribution is -2.27. The van der Waals surface area contributed by atoms with E-state index in [9.17, 15) is 18.4 Å². The number of aromatic nitrogens is 2. The molecule has 16 heavy (non-hydrogen) atoms. The molecule has 0 saturated heterocycles. The number of nitrogens with zero attached hydrogens (tertiary/aromatic N) is 1. The van der Waals surface area contributed by atoms with Gasteiger partial charge in [-0.25, -0.2) is 13.6 Å². The van der Waals surface area contributed by atoms with E-state index in [1.165, 1.54) is 0 Å². The highest BCUT2D eigenvalue weighted by molar-refractivity contribution is 5.33. The first-order valence-corrected chi connectivity index (χ1v) is 4.35. The number of aromatic amines is 1. The quantitative estimate of drug-likeness (QED) is 0.779. The van der Waals surface area contributed by atoms with Gasteiger partial charge in [0.2, 0.25) is 0 Å². The molecule has 0 fully saturated rings. The summed E-state index contributed by atoms with van der Waals surface area (Å²) in [5.74, 6) is -1.62. The van der Waals surface area contributed by atoms with E-state index in [0.29, 0.717) is 6.07 Å². The second-order valence-electron chi connectivity index (χ2n) is 3.08. The van der Waals surface area contributed by atoms with Crippen LogP contribution >= 0.6 is 0 Å². The first-order chi connectivity index (χ1) is 7.58. The smallest absolute Gasteiger partial charge is 0.274 e. The van der Waals surface area contributed by atoms with Crippen LogP contribution < -0.4 is 11.2 Å². The zero-order valence-electron chi connectivity index (χ0n) is 7.91. The molecule has 0 bridgehead atoms. The average Bonchev–Trinajstić information content (AvgIpc) is 2.19. The third-order valence-corrected chi connectivity index (χ3v) is 1.99.